The van der Waals surface area contributed by atoms with Crippen LogP contribution in [0.25, 0.3) is 0 Å². The SMILES string of the molecule is Cc1ccc(F)cc1OC1CC(C(C)(C)C)CCC1N. The van der Waals surface area contributed by atoms with E-state index in [2.05, 4.69) is 20.8 Å². The molecule has 3 heteroatoms. The molecule has 1 aromatic rings. The zero-order valence-corrected chi connectivity index (χ0v) is 12.9. The molecule has 3 unspecified atom stereocenters. The molecule has 0 amide bonds. The Morgan fingerprint density at radius 3 is 2.60 bits per heavy atom. The summed E-state index contributed by atoms with van der Waals surface area (Å²) < 4.78 is 19.4. The summed E-state index contributed by atoms with van der Waals surface area (Å²) in [6.07, 6.45) is 3.04. The predicted molar refractivity (Wildman–Crippen MR) is 80.3 cm³/mol. The molecule has 1 aliphatic rings. The van der Waals surface area contributed by atoms with Crippen LogP contribution >= 0.6 is 0 Å². The summed E-state index contributed by atoms with van der Waals surface area (Å²) in [5.74, 6) is 0.962. The number of ether oxygens (including phenoxy) is 1. The minimum atomic E-state index is -0.262. The third kappa shape index (κ3) is 3.51. The Balaban J connectivity index is 2.12. The van der Waals surface area contributed by atoms with Gasteiger partial charge in [-0.1, -0.05) is 26.8 Å². The van der Waals surface area contributed by atoms with Crippen molar-refractivity contribution in [3.05, 3.63) is 29.6 Å². The van der Waals surface area contributed by atoms with E-state index < -0.39 is 0 Å². The fourth-order valence-corrected chi connectivity index (χ4v) is 2.94. The van der Waals surface area contributed by atoms with Crippen molar-refractivity contribution >= 4 is 0 Å². The molecule has 2 N–H and O–H groups in total. The highest BCUT2D eigenvalue weighted by molar-refractivity contribution is 5.33. The highest BCUT2D eigenvalue weighted by Gasteiger charge is 2.35. The Hall–Kier alpha value is -1.09. The van der Waals surface area contributed by atoms with Gasteiger partial charge in [-0.2, -0.15) is 0 Å². The van der Waals surface area contributed by atoms with Gasteiger partial charge in [-0.15, -0.1) is 0 Å². The minimum absolute atomic E-state index is 0.0199. The standard InChI is InChI=1S/C17H26FNO/c1-11-5-7-13(18)10-15(11)20-16-9-12(17(2,3)4)6-8-14(16)19/h5,7,10,12,14,16H,6,8-9,19H2,1-4H3. The van der Waals surface area contributed by atoms with Crippen LogP contribution in [0.3, 0.4) is 0 Å². The zero-order valence-electron chi connectivity index (χ0n) is 12.9. The molecule has 0 aromatic heterocycles. The minimum Gasteiger partial charge on any atom is -0.488 e. The third-order valence-electron chi connectivity index (χ3n) is 4.50. The molecule has 0 bridgehead atoms. The lowest BCUT2D eigenvalue weighted by Crippen LogP contribution is -2.46. The van der Waals surface area contributed by atoms with Crippen LogP contribution in [0.5, 0.6) is 5.75 Å². The van der Waals surface area contributed by atoms with Gasteiger partial charge in [0.15, 0.2) is 0 Å². The largest absolute Gasteiger partial charge is 0.488 e. The van der Waals surface area contributed by atoms with Crippen molar-refractivity contribution in [1.82, 2.24) is 0 Å². The van der Waals surface area contributed by atoms with Crippen molar-refractivity contribution in [2.75, 3.05) is 0 Å². The number of halogens is 1. The first kappa shape index (κ1) is 15.3. The Bertz CT molecular complexity index is 467. The second-order valence-electron chi connectivity index (χ2n) is 7.11. The Morgan fingerprint density at radius 2 is 1.95 bits per heavy atom. The van der Waals surface area contributed by atoms with Crippen LogP contribution in [0.1, 0.15) is 45.6 Å². The van der Waals surface area contributed by atoms with Crippen molar-refractivity contribution in [3.63, 3.8) is 0 Å². The molecule has 1 aromatic carbocycles. The molecular weight excluding hydrogens is 253 g/mol. The summed E-state index contributed by atoms with van der Waals surface area (Å²) in [4.78, 5) is 0. The Kier molecular flexibility index (Phi) is 4.38. The third-order valence-corrected chi connectivity index (χ3v) is 4.50. The molecule has 0 heterocycles. The van der Waals surface area contributed by atoms with E-state index in [1.807, 2.05) is 6.92 Å². The summed E-state index contributed by atoms with van der Waals surface area (Å²) in [6, 6.07) is 4.71. The van der Waals surface area contributed by atoms with Crippen molar-refractivity contribution in [3.8, 4) is 5.75 Å². The maximum absolute atomic E-state index is 13.4. The van der Waals surface area contributed by atoms with Gasteiger partial charge in [0.2, 0.25) is 0 Å². The van der Waals surface area contributed by atoms with E-state index in [-0.39, 0.29) is 23.4 Å². The van der Waals surface area contributed by atoms with E-state index in [9.17, 15) is 4.39 Å². The van der Waals surface area contributed by atoms with E-state index in [1.54, 1.807) is 6.07 Å². The van der Waals surface area contributed by atoms with Crippen LogP contribution in [0.4, 0.5) is 4.39 Å². The van der Waals surface area contributed by atoms with Crippen molar-refractivity contribution < 1.29 is 9.13 Å². The highest BCUT2D eigenvalue weighted by atomic mass is 19.1. The Labute approximate surface area is 121 Å². The van der Waals surface area contributed by atoms with E-state index >= 15 is 0 Å². The van der Waals surface area contributed by atoms with Gasteiger partial charge in [-0.05, 0) is 49.1 Å². The number of nitrogens with two attached hydrogens (primary N) is 1. The number of benzene rings is 1. The van der Waals surface area contributed by atoms with Crippen LogP contribution in [0.2, 0.25) is 0 Å². The average molecular weight is 279 g/mol. The first-order valence-electron chi connectivity index (χ1n) is 7.46. The maximum Gasteiger partial charge on any atom is 0.126 e. The molecule has 1 fully saturated rings. The molecule has 112 valence electrons. The molecule has 1 saturated carbocycles. The van der Waals surface area contributed by atoms with Gasteiger partial charge >= 0.3 is 0 Å². The van der Waals surface area contributed by atoms with Crippen molar-refractivity contribution in [2.24, 2.45) is 17.1 Å². The van der Waals surface area contributed by atoms with Crippen molar-refractivity contribution in [2.45, 2.75) is 59.1 Å². The van der Waals surface area contributed by atoms with Crippen LogP contribution in [-0.4, -0.2) is 12.1 Å². The molecule has 3 atom stereocenters. The molecule has 0 spiro atoms. The van der Waals surface area contributed by atoms with Gasteiger partial charge in [0.05, 0.1) is 0 Å². The molecule has 2 nitrogen and oxygen atoms in total. The summed E-state index contributed by atoms with van der Waals surface area (Å²) in [6.45, 7) is 8.72. The van der Waals surface area contributed by atoms with Gasteiger partial charge in [0.25, 0.3) is 0 Å². The van der Waals surface area contributed by atoms with E-state index in [0.717, 1.165) is 24.8 Å². The fraction of sp³-hybridized carbons (Fsp3) is 0.647. The lowest BCUT2D eigenvalue weighted by Gasteiger charge is -2.40. The van der Waals surface area contributed by atoms with Crippen LogP contribution in [0, 0.1) is 24.1 Å². The summed E-state index contributed by atoms with van der Waals surface area (Å²) >= 11 is 0. The summed E-state index contributed by atoms with van der Waals surface area (Å²) in [5, 5.41) is 0. The second kappa shape index (κ2) is 5.72. The summed E-state index contributed by atoms with van der Waals surface area (Å²) in [7, 11) is 0. The molecule has 0 aliphatic heterocycles. The van der Waals surface area contributed by atoms with Crippen LogP contribution in [0.15, 0.2) is 18.2 Å². The van der Waals surface area contributed by atoms with E-state index in [0.29, 0.717) is 11.7 Å². The van der Waals surface area contributed by atoms with Gasteiger partial charge < -0.3 is 10.5 Å². The first-order chi connectivity index (χ1) is 9.27. The maximum atomic E-state index is 13.4. The highest BCUT2D eigenvalue weighted by Crippen LogP contribution is 2.39. The van der Waals surface area contributed by atoms with E-state index in [4.69, 9.17) is 10.5 Å². The van der Waals surface area contributed by atoms with Gasteiger partial charge in [-0.3, -0.25) is 0 Å². The van der Waals surface area contributed by atoms with Crippen molar-refractivity contribution in [1.29, 1.82) is 0 Å². The number of aryl methyl sites for hydroxylation is 1. The summed E-state index contributed by atoms with van der Waals surface area (Å²) in [5.41, 5.74) is 7.42. The van der Waals surface area contributed by atoms with Gasteiger partial charge in [-0.25, -0.2) is 4.39 Å². The monoisotopic (exact) mass is 279 g/mol. The number of hydrogen-bond acceptors (Lipinski definition) is 2. The van der Waals surface area contributed by atoms with E-state index in [1.165, 1.54) is 12.1 Å². The normalized spacial score (nSPS) is 27.4. The lowest BCUT2D eigenvalue weighted by atomic mass is 9.70. The smallest absolute Gasteiger partial charge is 0.126 e. The van der Waals surface area contributed by atoms with Gasteiger partial charge in [0, 0.05) is 12.1 Å². The molecule has 20 heavy (non-hydrogen) atoms. The topological polar surface area (TPSA) is 35.2 Å². The zero-order chi connectivity index (χ0) is 14.9. The second-order valence-corrected chi connectivity index (χ2v) is 7.11. The Morgan fingerprint density at radius 1 is 1.25 bits per heavy atom. The quantitative estimate of drug-likeness (QED) is 0.886. The van der Waals surface area contributed by atoms with Crippen LogP contribution < -0.4 is 10.5 Å². The predicted octanol–water partition coefficient (Wildman–Crippen LogP) is 4.06. The molecule has 0 saturated heterocycles. The molecular formula is C17H26FNO. The molecule has 0 radical (unpaired) electrons. The molecule has 1 aliphatic carbocycles. The van der Waals surface area contributed by atoms with Gasteiger partial charge in [0.1, 0.15) is 17.7 Å². The number of hydrogen-bond donors (Lipinski definition) is 1. The van der Waals surface area contributed by atoms with Crippen LogP contribution in [-0.2, 0) is 0 Å². The fourth-order valence-electron chi connectivity index (χ4n) is 2.94. The molecule has 2 rings (SSSR count). The average Bonchev–Trinajstić information content (AvgIpc) is 2.35. The first-order valence-corrected chi connectivity index (χ1v) is 7.46. The number of rotatable bonds is 2. The lowest BCUT2D eigenvalue weighted by molar-refractivity contribution is 0.0586.